The van der Waals surface area contributed by atoms with Crippen molar-refractivity contribution in [3.05, 3.63) is 70.2 Å². The third kappa shape index (κ3) is 3.66. The fourth-order valence-corrected chi connectivity index (χ4v) is 4.46. The summed E-state index contributed by atoms with van der Waals surface area (Å²) in [6.07, 6.45) is -0.843. The van der Waals surface area contributed by atoms with Gasteiger partial charge in [0.2, 0.25) is 11.8 Å². The number of imide groups is 1. The van der Waals surface area contributed by atoms with Gasteiger partial charge in [0.05, 0.1) is 18.0 Å². The van der Waals surface area contributed by atoms with E-state index in [1.807, 2.05) is 61.5 Å². The number of benzene rings is 2. The van der Waals surface area contributed by atoms with Crippen LogP contribution in [0.3, 0.4) is 0 Å². The number of halogens is 1. The number of carbonyl (C=O) groups excluding carboxylic acids is 3. The molecule has 156 valence electrons. The molecule has 4 rings (SSSR count). The lowest BCUT2D eigenvalue weighted by molar-refractivity contribution is -0.181. The van der Waals surface area contributed by atoms with Gasteiger partial charge < -0.3 is 5.73 Å². The third-order valence-corrected chi connectivity index (χ3v) is 6.22. The molecule has 7 nitrogen and oxygen atoms in total. The van der Waals surface area contributed by atoms with Crippen LogP contribution >= 0.6 is 15.9 Å². The minimum absolute atomic E-state index is 0.0684. The summed E-state index contributed by atoms with van der Waals surface area (Å²) >= 11 is 3.42. The lowest BCUT2D eigenvalue weighted by Gasteiger charge is -2.29. The van der Waals surface area contributed by atoms with E-state index in [4.69, 9.17) is 10.6 Å². The van der Waals surface area contributed by atoms with E-state index in [2.05, 4.69) is 15.9 Å². The molecule has 2 aromatic carbocycles. The molecule has 2 aromatic rings. The number of hydroxylamine groups is 2. The molecule has 2 fully saturated rings. The minimum atomic E-state index is -0.912. The maximum Gasteiger partial charge on any atom is 0.261 e. The Bertz CT molecular complexity index is 966. The van der Waals surface area contributed by atoms with Crippen molar-refractivity contribution in [1.29, 1.82) is 0 Å². The normalized spacial score (nSPS) is 24.9. The van der Waals surface area contributed by atoms with E-state index in [0.717, 1.165) is 15.6 Å². The molecular weight excluding hydrogens is 450 g/mol. The first-order valence-electron chi connectivity index (χ1n) is 9.77. The number of hydrogen-bond acceptors (Lipinski definition) is 5. The minimum Gasteiger partial charge on any atom is -0.370 e. The first kappa shape index (κ1) is 20.7. The second-order valence-corrected chi connectivity index (χ2v) is 8.45. The molecule has 4 atom stereocenters. The SMILES string of the molecule is CC(c1ccccc1)N1C(=O)C2ON(CCC(N)=O)C(c3ccc(Br)cc3)C2C1=O. The van der Waals surface area contributed by atoms with Crippen molar-refractivity contribution in [2.45, 2.75) is 31.5 Å². The molecule has 2 N–H and O–H groups in total. The first-order chi connectivity index (χ1) is 14.4. The largest absolute Gasteiger partial charge is 0.370 e. The molecule has 0 saturated carbocycles. The highest BCUT2D eigenvalue weighted by Gasteiger charge is 2.60. The number of likely N-dealkylation sites (tertiary alicyclic amines) is 1. The van der Waals surface area contributed by atoms with Crippen LogP contribution in [0.1, 0.15) is 36.6 Å². The number of nitrogens with two attached hydrogens (primary N) is 1. The summed E-state index contributed by atoms with van der Waals surface area (Å²) in [5.74, 6) is -1.78. The summed E-state index contributed by atoms with van der Waals surface area (Å²) in [5.41, 5.74) is 7.02. The third-order valence-electron chi connectivity index (χ3n) is 5.69. The van der Waals surface area contributed by atoms with Crippen molar-refractivity contribution in [2.75, 3.05) is 6.54 Å². The number of rotatable bonds is 6. The standard InChI is InChI=1S/C22H22BrN3O4/c1-13(14-5-3-2-4-6-14)26-21(28)18-19(15-7-9-16(23)10-8-15)25(12-11-17(24)27)30-20(18)22(26)29/h2-10,13,18-20H,11-12H2,1H3,(H2,24,27). The fourth-order valence-electron chi connectivity index (χ4n) is 4.20. The predicted molar refractivity (Wildman–Crippen MR) is 112 cm³/mol. The topological polar surface area (TPSA) is 92.9 Å². The second kappa shape index (κ2) is 8.29. The van der Waals surface area contributed by atoms with Gasteiger partial charge in [-0.25, -0.2) is 0 Å². The van der Waals surface area contributed by atoms with E-state index in [1.165, 1.54) is 4.90 Å². The molecule has 30 heavy (non-hydrogen) atoms. The number of hydrogen-bond donors (Lipinski definition) is 1. The van der Waals surface area contributed by atoms with E-state index in [1.54, 1.807) is 5.06 Å². The fraction of sp³-hybridized carbons (Fsp3) is 0.318. The summed E-state index contributed by atoms with van der Waals surface area (Å²) in [4.78, 5) is 45.2. The number of primary amides is 1. The Kier molecular flexibility index (Phi) is 5.73. The molecule has 8 heteroatoms. The molecule has 2 saturated heterocycles. The van der Waals surface area contributed by atoms with Gasteiger partial charge in [0, 0.05) is 17.4 Å². The van der Waals surface area contributed by atoms with Crippen molar-refractivity contribution in [3.8, 4) is 0 Å². The zero-order chi connectivity index (χ0) is 21.4. The van der Waals surface area contributed by atoms with Gasteiger partial charge in [-0.3, -0.25) is 24.1 Å². The van der Waals surface area contributed by atoms with Crippen LogP contribution in [-0.4, -0.2) is 40.3 Å². The maximum absolute atomic E-state index is 13.4. The molecule has 2 heterocycles. The average molecular weight is 472 g/mol. The molecule has 0 aromatic heterocycles. The number of nitrogens with zero attached hydrogens (tertiary/aromatic N) is 2. The molecular formula is C22H22BrN3O4. The average Bonchev–Trinajstić information content (AvgIpc) is 3.23. The summed E-state index contributed by atoms with van der Waals surface area (Å²) in [6, 6.07) is 16.1. The molecule has 0 aliphatic carbocycles. The van der Waals surface area contributed by atoms with Crippen molar-refractivity contribution in [2.24, 2.45) is 11.7 Å². The Morgan fingerprint density at radius 2 is 1.77 bits per heavy atom. The highest BCUT2D eigenvalue weighted by molar-refractivity contribution is 9.10. The van der Waals surface area contributed by atoms with Crippen molar-refractivity contribution in [3.63, 3.8) is 0 Å². The number of amides is 3. The zero-order valence-corrected chi connectivity index (χ0v) is 18.0. The number of fused-ring (bicyclic) bond motifs is 1. The smallest absolute Gasteiger partial charge is 0.261 e. The molecule has 2 aliphatic heterocycles. The summed E-state index contributed by atoms with van der Waals surface area (Å²) in [6.45, 7) is 2.05. The van der Waals surface area contributed by atoms with Gasteiger partial charge in [-0.05, 0) is 30.2 Å². The number of carbonyl (C=O) groups is 3. The Morgan fingerprint density at radius 1 is 1.10 bits per heavy atom. The quantitative estimate of drug-likeness (QED) is 0.653. The Hall–Kier alpha value is -2.55. The monoisotopic (exact) mass is 471 g/mol. The van der Waals surface area contributed by atoms with E-state index in [9.17, 15) is 14.4 Å². The summed E-state index contributed by atoms with van der Waals surface area (Å²) < 4.78 is 0.901. The first-order valence-corrected chi connectivity index (χ1v) is 10.6. The van der Waals surface area contributed by atoms with Gasteiger partial charge >= 0.3 is 0 Å². The second-order valence-electron chi connectivity index (χ2n) is 7.54. The lowest BCUT2D eigenvalue weighted by Crippen LogP contribution is -2.39. The molecule has 2 aliphatic rings. The van der Waals surface area contributed by atoms with E-state index >= 15 is 0 Å². The molecule has 0 radical (unpaired) electrons. The van der Waals surface area contributed by atoms with Crippen molar-refractivity contribution in [1.82, 2.24) is 9.96 Å². The van der Waals surface area contributed by atoms with Crippen LogP contribution in [-0.2, 0) is 19.2 Å². The van der Waals surface area contributed by atoms with Crippen LogP contribution < -0.4 is 5.73 Å². The Labute approximate surface area is 182 Å². The molecule has 0 spiro atoms. The van der Waals surface area contributed by atoms with E-state index in [-0.39, 0.29) is 24.8 Å². The van der Waals surface area contributed by atoms with Crippen LogP contribution in [0.15, 0.2) is 59.1 Å². The van der Waals surface area contributed by atoms with Crippen molar-refractivity contribution < 1.29 is 19.2 Å². The van der Waals surface area contributed by atoms with Crippen LogP contribution in [0.2, 0.25) is 0 Å². The van der Waals surface area contributed by atoms with Crippen LogP contribution in [0.5, 0.6) is 0 Å². The molecule has 3 amide bonds. The zero-order valence-electron chi connectivity index (χ0n) is 16.4. The van der Waals surface area contributed by atoms with Crippen LogP contribution in [0.25, 0.3) is 0 Å². The summed E-state index contributed by atoms with van der Waals surface area (Å²) in [5, 5.41) is 1.56. The molecule has 4 unspecified atom stereocenters. The van der Waals surface area contributed by atoms with E-state index < -0.39 is 30.0 Å². The Balaban J connectivity index is 1.67. The van der Waals surface area contributed by atoms with Crippen LogP contribution in [0, 0.1) is 5.92 Å². The maximum atomic E-state index is 13.4. The van der Waals surface area contributed by atoms with Gasteiger partial charge in [-0.2, -0.15) is 5.06 Å². The summed E-state index contributed by atoms with van der Waals surface area (Å²) in [7, 11) is 0. The van der Waals surface area contributed by atoms with Gasteiger partial charge in [-0.1, -0.05) is 58.4 Å². The van der Waals surface area contributed by atoms with Gasteiger partial charge in [-0.15, -0.1) is 0 Å². The Morgan fingerprint density at radius 3 is 2.40 bits per heavy atom. The van der Waals surface area contributed by atoms with Crippen molar-refractivity contribution >= 4 is 33.7 Å². The highest BCUT2D eigenvalue weighted by Crippen LogP contribution is 2.46. The highest BCUT2D eigenvalue weighted by atomic mass is 79.9. The van der Waals surface area contributed by atoms with Gasteiger partial charge in [0.15, 0.2) is 6.10 Å². The van der Waals surface area contributed by atoms with E-state index in [0.29, 0.717) is 0 Å². The van der Waals surface area contributed by atoms with Gasteiger partial charge in [0.25, 0.3) is 5.91 Å². The van der Waals surface area contributed by atoms with Crippen LogP contribution in [0.4, 0.5) is 0 Å². The predicted octanol–water partition coefficient (Wildman–Crippen LogP) is 2.73. The molecule has 0 bridgehead atoms. The lowest BCUT2D eigenvalue weighted by atomic mass is 9.90. The van der Waals surface area contributed by atoms with Gasteiger partial charge in [0.1, 0.15) is 0 Å².